The van der Waals surface area contributed by atoms with E-state index < -0.39 is 0 Å². The van der Waals surface area contributed by atoms with Crippen LogP contribution in [-0.4, -0.2) is 0 Å². The van der Waals surface area contributed by atoms with E-state index in [9.17, 15) is 0 Å². The summed E-state index contributed by atoms with van der Waals surface area (Å²) in [5.41, 5.74) is 9.49. The third-order valence-corrected chi connectivity index (χ3v) is 7.61. The van der Waals surface area contributed by atoms with Crippen LogP contribution in [0.25, 0.3) is 43.8 Å². The lowest BCUT2D eigenvalue weighted by atomic mass is 9.82. The van der Waals surface area contributed by atoms with Crippen molar-refractivity contribution in [3.05, 3.63) is 181 Å². The van der Waals surface area contributed by atoms with Crippen molar-refractivity contribution < 1.29 is 0 Å². The molecule has 6 rings (SSSR count). The van der Waals surface area contributed by atoms with Crippen molar-refractivity contribution in [3.63, 3.8) is 0 Å². The van der Waals surface area contributed by atoms with Crippen molar-refractivity contribution in [1.82, 2.24) is 0 Å². The molecule has 0 N–H and O–H groups in total. The molecule has 0 saturated carbocycles. The second kappa shape index (κ2) is 11.4. The van der Waals surface area contributed by atoms with E-state index in [1.807, 2.05) is 12.2 Å². The van der Waals surface area contributed by atoms with Gasteiger partial charge in [-0.1, -0.05) is 147 Å². The maximum Gasteiger partial charge on any atom is -0.00266 e. The molecule has 0 heteroatoms. The number of hydrogen-bond acceptors (Lipinski definition) is 0. The van der Waals surface area contributed by atoms with Gasteiger partial charge in [0.2, 0.25) is 0 Å². The summed E-state index contributed by atoms with van der Waals surface area (Å²) in [7, 11) is 0. The molecule has 0 nitrogen and oxygen atoms in total. The van der Waals surface area contributed by atoms with E-state index in [1.54, 1.807) is 0 Å². The predicted molar refractivity (Wildman–Crippen MR) is 175 cm³/mol. The van der Waals surface area contributed by atoms with Gasteiger partial charge in [0.1, 0.15) is 0 Å². The Labute approximate surface area is 237 Å². The smallest absolute Gasteiger partial charge is 0.00266 e. The molecule has 0 amide bonds. The van der Waals surface area contributed by atoms with Crippen LogP contribution < -0.4 is 0 Å². The predicted octanol–water partition coefficient (Wildman–Crippen LogP) is 11.1. The lowest BCUT2D eigenvalue weighted by Gasteiger charge is -2.21. The van der Waals surface area contributed by atoms with E-state index in [1.165, 1.54) is 49.4 Å². The Morgan fingerprint density at radius 1 is 0.650 bits per heavy atom. The highest BCUT2D eigenvalue weighted by atomic mass is 14.2. The minimum absolute atomic E-state index is 1.03. The molecular weight excluding hydrogens is 480 g/mol. The lowest BCUT2D eigenvalue weighted by Crippen LogP contribution is -2.00. The summed E-state index contributed by atoms with van der Waals surface area (Å²) in [4.78, 5) is 0. The van der Waals surface area contributed by atoms with E-state index in [4.69, 9.17) is 0 Å². The first-order valence-corrected chi connectivity index (χ1v) is 13.9. The van der Waals surface area contributed by atoms with Gasteiger partial charge in [-0.15, -0.1) is 0 Å². The zero-order valence-electron chi connectivity index (χ0n) is 22.7. The molecule has 0 radical (unpaired) electrons. The molecule has 0 spiro atoms. The summed E-state index contributed by atoms with van der Waals surface area (Å²) in [5, 5.41) is 5.04. The molecule has 192 valence electrons. The maximum atomic E-state index is 4.19. The molecule has 0 aliphatic heterocycles. The fourth-order valence-electron chi connectivity index (χ4n) is 5.85. The summed E-state index contributed by atoms with van der Waals surface area (Å²) in [5.74, 6) is 0. The SMILES string of the molecule is C=C/C=C(C=C)/C(=C(\C1=CCCC=C1)c1cccc(-c2c3ccccc3cc3ccccc23)c1)c1ccccc1. The molecule has 0 bridgehead atoms. The number of fused-ring (bicyclic) bond motifs is 2. The molecule has 0 fully saturated rings. The van der Waals surface area contributed by atoms with E-state index in [0.29, 0.717) is 0 Å². The summed E-state index contributed by atoms with van der Waals surface area (Å²) < 4.78 is 0. The molecule has 40 heavy (non-hydrogen) atoms. The van der Waals surface area contributed by atoms with E-state index in [2.05, 4.69) is 147 Å². The number of hydrogen-bond donors (Lipinski definition) is 0. The summed E-state index contributed by atoms with van der Waals surface area (Å²) in [6.07, 6.45) is 14.9. The van der Waals surface area contributed by atoms with Gasteiger partial charge in [0.25, 0.3) is 0 Å². The normalized spacial score (nSPS) is 14.1. The first-order chi connectivity index (χ1) is 19.8. The van der Waals surface area contributed by atoms with Crippen LogP contribution >= 0.6 is 0 Å². The van der Waals surface area contributed by atoms with Gasteiger partial charge < -0.3 is 0 Å². The summed E-state index contributed by atoms with van der Waals surface area (Å²) >= 11 is 0. The third kappa shape index (κ3) is 4.81. The highest BCUT2D eigenvalue weighted by Crippen LogP contribution is 2.42. The summed E-state index contributed by atoms with van der Waals surface area (Å²) in [6.45, 7) is 8.20. The Morgan fingerprint density at radius 3 is 1.98 bits per heavy atom. The molecular formula is C40H32. The van der Waals surface area contributed by atoms with Crippen LogP contribution in [0.3, 0.4) is 0 Å². The van der Waals surface area contributed by atoms with Crippen molar-refractivity contribution in [2.24, 2.45) is 0 Å². The van der Waals surface area contributed by atoms with Crippen LogP contribution in [-0.2, 0) is 0 Å². The van der Waals surface area contributed by atoms with Crippen LogP contribution in [0, 0.1) is 0 Å². The second-order valence-electron chi connectivity index (χ2n) is 10.1. The molecule has 0 atom stereocenters. The quantitative estimate of drug-likeness (QED) is 0.116. The van der Waals surface area contributed by atoms with Gasteiger partial charge in [-0.3, -0.25) is 0 Å². The average Bonchev–Trinajstić information content (AvgIpc) is 3.02. The highest BCUT2D eigenvalue weighted by Gasteiger charge is 2.19. The van der Waals surface area contributed by atoms with E-state index in [0.717, 1.165) is 29.6 Å². The molecule has 0 saturated heterocycles. The molecule has 5 aromatic rings. The topological polar surface area (TPSA) is 0 Å². The monoisotopic (exact) mass is 512 g/mol. The molecule has 1 aliphatic carbocycles. The molecule has 0 heterocycles. The largest absolute Gasteiger partial charge is 0.0990 e. The van der Waals surface area contributed by atoms with Gasteiger partial charge in [0.05, 0.1) is 0 Å². The number of benzene rings is 5. The van der Waals surface area contributed by atoms with Crippen LogP contribution in [0.5, 0.6) is 0 Å². The first kappa shape index (κ1) is 25.3. The van der Waals surface area contributed by atoms with Gasteiger partial charge >= 0.3 is 0 Å². The van der Waals surface area contributed by atoms with Crippen LogP contribution in [0.4, 0.5) is 0 Å². The maximum absolute atomic E-state index is 4.19. The standard InChI is InChI=1S/C40H32/c1-3-16-29(4-2)38(30-17-7-5-8-18-30)39(31-19-9-6-10-20-31)34-23-15-24-35(28-34)40-36-25-13-11-21-32(36)27-33-22-12-14-26-37(33)40/h3-5,7-9,11-28H,1-2,6,10H2/b29-16+,39-38-. The Morgan fingerprint density at radius 2 is 1.32 bits per heavy atom. The minimum Gasteiger partial charge on any atom is -0.0990 e. The van der Waals surface area contributed by atoms with E-state index >= 15 is 0 Å². The zero-order chi connectivity index (χ0) is 27.3. The lowest BCUT2D eigenvalue weighted by molar-refractivity contribution is 1.03. The fourth-order valence-corrected chi connectivity index (χ4v) is 5.85. The summed E-state index contributed by atoms with van der Waals surface area (Å²) in [6, 6.07) is 39.4. The Kier molecular flexibility index (Phi) is 7.24. The van der Waals surface area contributed by atoms with Crippen LogP contribution in [0.15, 0.2) is 170 Å². The van der Waals surface area contributed by atoms with Crippen molar-refractivity contribution in [1.29, 1.82) is 0 Å². The third-order valence-electron chi connectivity index (χ3n) is 7.61. The number of allylic oxidation sites excluding steroid dienone is 10. The Bertz CT molecular complexity index is 1800. The molecule has 5 aromatic carbocycles. The second-order valence-corrected chi connectivity index (χ2v) is 10.1. The molecule has 0 unspecified atom stereocenters. The van der Waals surface area contributed by atoms with Crippen molar-refractivity contribution in [2.45, 2.75) is 12.8 Å². The van der Waals surface area contributed by atoms with Gasteiger partial charge in [0, 0.05) is 0 Å². The van der Waals surface area contributed by atoms with Gasteiger partial charge in [-0.25, -0.2) is 0 Å². The first-order valence-electron chi connectivity index (χ1n) is 13.9. The number of rotatable bonds is 7. The van der Waals surface area contributed by atoms with Gasteiger partial charge in [0.15, 0.2) is 0 Å². The highest BCUT2D eigenvalue weighted by molar-refractivity contribution is 6.13. The van der Waals surface area contributed by atoms with Crippen molar-refractivity contribution in [2.75, 3.05) is 0 Å². The average molecular weight is 513 g/mol. The van der Waals surface area contributed by atoms with E-state index in [-0.39, 0.29) is 0 Å². The van der Waals surface area contributed by atoms with Crippen molar-refractivity contribution >= 4 is 32.7 Å². The van der Waals surface area contributed by atoms with Crippen LogP contribution in [0.1, 0.15) is 24.0 Å². The Hall–Kier alpha value is -4.94. The molecule has 1 aliphatic rings. The van der Waals surface area contributed by atoms with Gasteiger partial charge in [-0.05, 0) is 91.1 Å². The Balaban J connectivity index is 1.69. The minimum atomic E-state index is 1.03. The fraction of sp³-hybridized carbons (Fsp3) is 0.0500. The van der Waals surface area contributed by atoms with Crippen LogP contribution in [0.2, 0.25) is 0 Å². The van der Waals surface area contributed by atoms with Gasteiger partial charge in [-0.2, -0.15) is 0 Å². The molecule has 0 aromatic heterocycles. The zero-order valence-corrected chi connectivity index (χ0v) is 22.7. The van der Waals surface area contributed by atoms with Crippen molar-refractivity contribution in [3.8, 4) is 11.1 Å².